The Balaban J connectivity index is 1.88. The number of aromatic amines is 1. The lowest BCUT2D eigenvalue weighted by atomic mass is 9.72. The normalized spacial score (nSPS) is 17.3. The van der Waals surface area contributed by atoms with Crippen molar-refractivity contribution in [1.82, 2.24) is 9.97 Å². The van der Waals surface area contributed by atoms with Crippen molar-refractivity contribution < 1.29 is 14.5 Å². The van der Waals surface area contributed by atoms with Crippen LogP contribution in [0.3, 0.4) is 0 Å². The summed E-state index contributed by atoms with van der Waals surface area (Å²) in [5.41, 5.74) is 5.28. The van der Waals surface area contributed by atoms with Crippen molar-refractivity contribution in [3.05, 3.63) is 80.4 Å². The number of hydrogen-bond acceptors (Lipinski definition) is 5. The van der Waals surface area contributed by atoms with Crippen LogP contribution in [0.5, 0.6) is 0 Å². The molecule has 0 spiro atoms. The van der Waals surface area contributed by atoms with E-state index >= 15 is 0 Å². The molecule has 0 unspecified atom stereocenters. The molecule has 33 heavy (non-hydrogen) atoms. The molecule has 7 nitrogen and oxygen atoms in total. The molecule has 1 aromatic heterocycles. The van der Waals surface area contributed by atoms with Gasteiger partial charge in [-0.2, -0.15) is 0 Å². The monoisotopic (exact) mass is 453 g/mol. The van der Waals surface area contributed by atoms with Crippen LogP contribution in [0.1, 0.15) is 65.4 Å². The number of aryl methyl sites for hydroxylation is 1. The number of H-pyrrole nitrogens is 1. The van der Waals surface area contributed by atoms with Gasteiger partial charge in [0, 0.05) is 19.4 Å². The Morgan fingerprint density at radius 1 is 1.24 bits per heavy atom. The molecule has 0 bridgehead atoms. The molecule has 0 radical (unpaired) electrons. The Labute approximate surface area is 196 Å². The predicted molar refractivity (Wildman–Crippen MR) is 131 cm³/mol. The number of carbonyl (C=O) groups is 1. The van der Waals surface area contributed by atoms with Gasteiger partial charge in [0.15, 0.2) is 5.82 Å². The van der Waals surface area contributed by atoms with Gasteiger partial charge in [-0.05, 0) is 61.5 Å². The molecule has 0 aromatic carbocycles. The van der Waals surface area contributed by atoms with E-state index in [4.69, 9.17) is 4.74 Å². The van der Waals surface area contributed by atoms with Crippen LogP contribution in [0, 0.1) is 22.5 Å². The van der Waals surface area contributed by atoms with Gasteiger partial charge < -0.3 is 14.9 Å². The number of aromatic nitrogens is 2. The number of nitrogens with one attached hydrogen (secondary N) is 1. The van der Waals surface area contributed by atoms with Crippen molar-refractivity contribution in [3.8, 4) is 0 Å². The maximum atomic E-state index is 12.0. The van der Waals surface area contributed by atoms with E-state index in [0.29, 0.717) is 5.82 Å². The maximum Gasteiger partial charge on any atom is 0.344 e. The summed E-state index contributed by atoms with van der Waals surface area (Å²) >= 11 is 0. The molecular formula is C26H35N3O4. The lowest BCUT2D eigenvalue weighted by molar-refractivity contribution is -0.390. The molecule has 0 saturated heterocycles. The van der Waals surface area contributed by atoms with Gasteiger partial charge in [-0.1, -0.05) is 55.4 Å². The fourth-order valence-electron chi connectivity index (χ4n) is 4.01. The molecule has 7 heteroatoms. The first-order valence-corrected chi connectivity index (χ1v) is 11.3. The zero-order valence-electron chi connectivity index (χ0n) is 20.5. The predicted octanol–water partition coefficient (Wildman–Crippen LogP) is 6.24. The van der Waals surface area contributed by atoms with Crippen LogP contribution in [-0.4, -0.2) is 27.5 Å². The maximum absolute atomic E-state index is 12.0. The quantitative estimate of drug-likeness (QED) is 0.157. The minimum Gasteiger partial charge on any atom is -0.462 e. The molecule has 0 saturated carbocycles. The van der Waals surface area contributed by atoms with E-state index in [0.717, 1.165) is 11.1 Å². The van der Waals surface area contributed by atoms with Crippen molar-refractivity contribution in [2.45, 2.75) is 67.2 Å². The molecule has 1 aliphatic rings. The van der Waals surface area contributed by atoms with Crippen LogP contribution >= 0.6 is 0 Å². The van der Waals surface area contributed by atoms with E-state index in [1.807, 2.05) is 25.2 Å². The fourth-order valence-corrected chi connectivity index (χ4v) is 4.01. The summed E-state index contributed by atoms with van der Waals surface area (Å²) in [6.45, 7) is 12.4. The van der Waals surface area contributed by atoms with Crippen LogP contribution < -0.4 is 0 Å². The molecule has 2 rings (SSSR count). The first kappa shape index (κ1) is 26.0. The first-order chi connectivity index (χ1) is 15.5. The highest BCUT2D eigenvalue weighted by Gasteiger charge is 2.26. The van der Waals surface area contributed by atoms with Crippen molar-refractivity contribution in [2.24, 2.45) is 5.41 Å². The number of hydrogen-bond donors (Lipinski definition) is 1. The molecule has 1 aliphatic carbocycles. The van der Waals surface area contributed by atoms with Gasteiger partial charge in [0.2, 0.25) is 0 Å². The first-order valence-electron chi connectivity index (χ1n) is 11.3. The van der Waals surface area contributed by atoms with E-state index in [1.54, 1.807) is 6.92 Å². The Morgan fingerprint density at radius 2 is 1.97 bits per heavy atom. The molecular weight excluding hydrogens is 418 g/mol. The lowest BCUT2D eigenvalue weighted by Crippen LogP contribution is -2.19. The molecule has 1 aromatic rings. The summed E-state index contributed by atoms with van der Waals surface area (Å²) in [7, 11) is 0. The summed E-state index contributed by atoms with van der Waals surface area (Å²) in [5, 5.41) is 11.0. The number of imidazole rings is 1. The second-order valence-corrected chi connectivity index (χ2v) is 9.22. The van der Waals surface area contributed by atoms with E-state index < -0.39 is 10.9 Å². The summed E-state index contributed by atoms with van der Waals surface area (Å²) in [6.07, 6.45) is 15.3. The van der Waals surface area contributed by atoms with Crippen LogP contribution in [0.25, 0.3) is 0 Å². The average molecular weight is 454 g/mol. The summed E-state index contributed by atoms with van der Waals surface area (Å²) in [4.78, 5) is 29.1. The Hall–Kier alpha value is -3.22. The van der Waals surface area contributed by atoms with Gasteiger partial charge in [-0.15, -0.1) is 0 Å². The second kappa shape index (κ2) is 11.6. The molecule has 0 fully saturated rings. The van der Waals surface area contributed by atoms with Crippen molar-refractivity contribution in [2.75, 3.05) is 6.61 Å². The molecule has 1 N–H and O–H groups in total. The smallest absolute Gasteiger partial charge is 0.344 e. The standard InChI is InChI=1S/C26H35N3O4/c1-18(12-13-22-20(3)11-8-15-26(22,5)6)9-7-10-19(2)17-24(30)33-16-14-23-25(29(31)32)28-21(4)27-23/h7,9-10,12-13,17H,8,11,14-16H2,1-6H3,(H,27,28). The zero-order chi connectivity index (χ0) is 24.6. The highest BCUT2D eigenvalue weighted by molar-refractivity contribution is 5.83. The fraction of sp³-hybridized carbons (Fsp3) is 0.462. The highest BCUT2D eigenvalue weighted by Crippen LogP contribution is 2.40. The third-order valence-electron chi connectivity index (χ3n) is 5.76. The number of allylic oxidation sites excluding steroid dienone is 9. The Morgan fingerprint density at radius 3 is 2.64 bits per heavy atom. The van der Waals surface area contributed by atoms with Crippen LogP contribution in [0.15, 0.2) is 58.7 Å². The molecule has 0 atom stereocenters. The number of carbonyl (C=O) groups excluding carboxylic acids is 1. The van der Waals surface area contributed by atoms with E-state index in [-0.39, 0.29) is 30.0 Å². The van der Waals surface area contributed by atoms with Gasteiger partial charge in [-0.3, -0.25) is 0 Å². The number of rotatable bonds is 9. The third-order valence-corrected chi connectivity index (χ3v) is 5.76. The molecule has 1 heterocycles. The molecule has 0 aliphatic heterocycles. The second-order valence-electron chi connectivity index (χ2n) is 9.22. The van der Waals surface area contributed by atoms with Crippen molar-refractivity contribution in [1.29, 1.82) is 0 Å². The van der Waals surface area contributed by atoms with E-state index in [1.165, 1.54) is 36.5 Å². The summed E-state index contributed by atoms with van der Waals surface area (Å²) in [6, 6.07) is 0. The van der Waals surface area contributed by atoms with Crippen LogP contribution in [0.4, 0.5) is 5.82 Å². The third kappa shape index (κ3) is 8.00. The minimum atomic E-state index is -0.523. The zero-order valence-corrected chi connectivity index (χ0v) is 20.5. The molecule has 0 amide bonds. The average Bonchev–Trinajstić information content (AvgIpc) is 3.08. The lowest BCUT2D eigenvalue weighted by Gasteiger charge is -2.32. The topological polar surface area (TPSA) is 98.1 Å². The van der Waals surface area contributed by atoms with E-state index in [9.17, 15) is 14.9 Å². The largest absolute Gasteiger partial charge is 0.462 e. The van der Waals surface area contributed by atoms with Gasteiger partial charge in [0.05, 0.1) is 6.61 Å². The number of ether oxygens (including phenoxy) is 1. The highest BCUT2D eigenvalue weighted by atomic mass is 16.6. The Bertz CT molecular complexity index is 1040. The summed E-state index contributed by atoms with van der Waals surface area (Å²) in [5.74, 6) is -0.195. The Kier molecular flexibility index (Phi) is 9.14. The number of esters is 1. The minimum absolute atomic E-state index is 0.0207. The van der Waals surface area contributed by atoms with Gasteiger partial charge in [0.25, 0.3) is 0 Å². The van der Waals surface area contributed by atoms with Crippen LogP contribution in [0.2, 0.25) is 0 Å². The van der Waals surface area contributed by atoms with Crippen LogP contribution in [-0.2, 0) is 16.0 Å². The van der Waals surface area contributed by atoms with E-state index in [2.05, 4.69) is 49.8 Å². The van der Waals surface area contributed by atoms with Gasteiger partial charge in [0.1, 0.15) is 5.69 Å². The molecule has 178 valence electrons. The SMILES string of the molecule is CC(C=CC1=C(C)CCCC1(C)C)=CC=CC(C)=CC(=O)OCCc1nc(C)[nH]c1[N+](=O)[O-]. The van der Waals surface area contributed by atoms with Crippen molar-refractivity contribution >= 4 is 11.8 Å². The van der Waals surface area contributed by atoms with Gasteiger partial charge >= 0.3 is 11.8 Å². The van der Waals surface area contributed by atoms with Crippen molar-refractivity contribution in [3.63, 3.8) is 0 Å². The van der Waals surface area contributed by atoms with Gasteiger partial charge in [-0.25, -0.2) is 14.8 Å². The number of nitrogens with zero attached hydrogens (tertiary/aromatic N) is 2. The number of nitro groups is 1. The summed E-state index contributed by atoms with van der Waals surface area (Å²) < 4.78 is 5.17.